The molecule has 1 saturated heterocycles. The number of aliphatic hydroxyl groups excluding tert-OH is 1. The first-order valence-corrected chi connectivity index (χ1v) is 7.41. The predicted octanol–water partition coefficient (Wildman–Crippen LogP) is 2.76. The van der Waals surface area contributed by atoms with Gasteiger partial charge in [0.1, 0.15) is 0 Å². The third-order valence-electron chi connectivity index (χ3n) is 5.25. The van der Waals surface area contributed by atoms with Crippen LogP contribution in [0.5, 0.6) is 0 Å². The highest BCUT2D eigenvalue weighted by molar-refractivity contribution is 4.92. The van der Waals surface area contributed by atoms with Crippen LogP contribution in [0, 0.1) is 23.7 Å². The maximum absolute atomic E-state index is 10.3. The van der Waals surface area contributed by atoms with Crippen molar-refractivity contribution in [2.24, 2.45) is 23.7 Å². The van der Waals surface area contributed by atoms with Gasteiger partial charge in [0, 0.05) is 19.1 Å². The molecule has 100 valence electrons. The smallest absolute Gasteiger partial charge is 0.0695 e. The van der Waals surface area contributed by atoms with E-state index in [1.165, 1.54) is 25.9 Å². The van der Waals surface area contributed by atoms with Crippen LogP contribution >= 0.6 is 0 Å². The summed E-state index contributed by atoms with van der Waals surface area (Å²) in [6.45, 7) is 11.7. The van der Waals surface area contributed by atoms with Crippen molar-refractivity contribution in [3.8, 4) is 0 Å². The Morgan fingerprint density at radius 2 is 1.65 bits per heavy atom. The van der Waals surface area contributed by atoms with Gasteiger partial charge in [0.15, 0.2) is 0 Å². The topological polar surface area (TPSA) is 23.5 Å². The molecule has 0 spiro atoms. The standard InChI is InChI=1S/C15H29NO/c1-10(2)13-5-6-15(17)14(7-13)16-8-11(3)12(4)9-16/h10-15,17H,5-9H2,1-4H3. The van der Waals surface area contributed by atoms with Gasteiger partial charge in [-0.05, 0) is 42.9 Å². The van der Waals surface area contributed by atoms with Crippen LogP contribution < -0.4 is 0 Å². The van der Waals surface area contributed by atoms with Gasteiger partial charge in [-0.1, -0.05) is 27.7 Å². The van der Waals surface area contributed by atoms with E-state index >= 15 is 0 Å². The zero-order chi connectivity index (χ0) is 12.6. The van der Waals surface area contributed by atoms with Crippen molar-refractivity contribution >= 4 is 0 Å². The van der Waals surface area contributed by atoms with E-state index in [9.17, 15) is 5.11 Å². The monoisotopic (exact) mass is 239 g/mol. The summed E-state index contributed by atoms with van der Waals surface area (Å²) in [4.78, 5) is 2.56. The average Bonchev–Trinajstić information content (AvgIpc) is 2.59. The molecule has 17 heavy (non-hydrogen) atoms. The summed E-state index contributed by atoms with van der Waals surface area (Å²) < 4.78 is 0. The lowest BCUT2D eigenvalue weighted by molar-refractivity contribution is 0.00315. The quantitative estimate of drug-likeness (QED) is 0.801. The zero-order valence-corrected chi connectivity index (χ0v) is 11.9. The SMILES string of the molecule is CC(C)C1CCC(O)C(N2CC(C)C(C)C2)C1. The first kappa shape index (κ1) is 13.4. The lowest BCUT2D eigenvalue weighted by atomic mass is 9.77. The van der Waals surface area contributed by atoms with Crippen molar-refractivity contribution in [3.05, 3.63) is 0 Å². The van der Waals surface area contributed by atoms with E-state index in [0.717, 1.165) is 30.1 Å². The summed E-state index contributed by atoms with van der Waals surface area (Å²) in [6, 6.07) is 0.434. The molecule has 1 aliphatic carbocycles. The van der Waals surface area contributed by atoms with E-state index in [0.29, 0.717) is 6.04 Å². The molecule has 2 nitrogen and oxygen atoms in total. The van der Waals surface area contributed by atoms with Gasteiger partial charge in [0.05, 0.1) is 6.10 Å². The maximum atomic E-state index is 10.3. The van der Waals surface area contributed by atoms with Crippen molar-refractivity contribution in [1.29, 1.82) is 0 Å². The van der Waals surface area contributed by atoms with Crippen LogP contribution in [0.3, 0.4) is 0 Å². The summed E-state index contributed by atoms with van der Waals surface area (Å²) in [5.41, 5.74) is 0. The fourth-order valence-corrected chi connectivity index (χ4v) is 3.61. The average molecular weight is 239 g/mol. The van der Waals surface area contributed by atoms with Crippen LogP contribution in [0.15, 0.2) is 0 Å². The molecule has 2 aliphatic rings. The second-order valence-electron chi connectivity index (χ2n) is 6.86. The van der Waals surface area contributed by atoms with E-state index in [1.807, 2.05) is 0 Å². The molecule has 2 fully saturated rings. The lowest BCUT2D eigenvalue weighted by Crippen LogP contribution is -2.47. The number of hydrogen-bond donors (Lipinski definition) is 1. The van der Waals surface area contributed by atoms with Gasteiger partial charge in [-0.25, -0.2) is 0 Å². The van der Waals surface area contributed by atoms with Gasteiger partial charge in [0.25, 0.3) is 0 Å². The highest BCUT2D eigenvalue weighted by Crippen LogP contribution is 2.35. The van der Waals surface area contributed by atoms with E-state index < -0.39 is 0 Å². The molecule has 2 rings (SSSR count). The summed E-state index contributed by atoms with van der Waals surface area (Å²) in [5.74, 6) is 3.17. The third-order valence-corrected chi connectivity index (χ3v) is 5.25. The molecule has 0 aromatic rings. The summed E-state index contributed by atoms with van der Waals surface area (Å²) >= 11 is 0. The molecule has 0 aromatic heterocycles. The number of likely N-dealkylation sites (tertiary alicyclic amines) is 1. The van der Waals surface area contributed by atoms with Gasteiger partial charge in [-0.15, -0.1) is 0 Å². The highest BCUT2D eigenvalue weighted by atomic mass is 16.3. The minimum Gasteiger partial charge on any atom is -0.391 e. The summed E-state index contributed by atoms with van der Waals surface area (Å²) in [7, 11) is 0. The molecule has 0 bridgehead atoms. The maximum Gasteiger partial charge on any atom is 0.0695 e. The Labute approximate surface area is 106 Å². The van der Waals surface area contributed by atoms with Gasteiger partial charge in [0.2, 0.25) is 0 Å². The Hall–Kier alpha value is -0.0800. The van der Waals surface area contributed by atoms with Crippen LogP contribution in [0.2, 0.25) is 0 Å². The Kier molecular flexibility index (Phi) is 4.14. The van der Waals surface area contributed by atoms with Crippen LogP contribution in [0.1, 0.15) is 47.0 Å². The van der Waals surface area contributed by atoms with E-state index in [1.54, 1.807) is 0 Å². The van der Waals surface area contributed by atoms with Gasteiger partial charge < -0.3 is 5.11 Å². The van der Waals surface area contributed by atoms with E-state index in [4.69, 9.17) is 0 Å². The number of rotatable bonds is 2. The van der Waals surface area contributed by atoms with Crippen molar-refractivity contribution < 1.29 is 5.11 Å². The van der Waals surface area contributed by atoms with E-state index in [2.05, 4.69) is 32.6 Å². The molecular weight excluding hydrogens is 210 g/mol. The number of nitrogens with zero attached hydrogens (tertiary/aromatic N) is 1. The van der Waals surface area contributed by atoms with Gasteiger partial charge in [-0.2, -0.15) is 0 Å². The van der Waals surface area contributed by atoms with E-state index in [-0.39, 0.29) is 6.10 Å². The minimum atomic E-state index is -0.0810. The molecule has 1 saturated carbocycles. The largest absolute Gasteiger partial charge is 0.391 e. The first-order valence-electron chi connectivity index (χ1n) is 7.41. The number of aliphatic hydroxyl groups is 1. The fraction of sp³-hybridized carbons (Fsp3) is 1.00. The molecule has 1 aliphatic heterocycles. The Balaban J connectivity index is 1.98. The van der Waals surface area contributed by atoms with Gasteiger partial charge in [-0.3, -0.25) is 4.90 Å². The second kappa shape index (κ2) is 5.27. The van der Waals surface area contributed by atoms with Gasteiger partial charge >= 0.3 is 0 Å². The molecule has 2 heteroatoms. The van der Waals surface area contributed by atoms with Crippen molar-refractivity contribution in [2.45, 2.75) is 59.1 Å². The summed E-state index contributed by atoms with van der Waals surface area (Å²) in [6.07, 6.45) is 3.35. The second-order valence-corrected chi connectivity index (χ2v) is 6.86. The predicted molar refractivity (Wildman–Crippen MR) is 71.9 cm³/mol. The summed E-state index contributed by atoms with van der Waals surface area (Å²) in [5, 5.41) is 10.3. The Bertz CT molecular complexity index is 243. The molecule has 5 unspecified atom stereocenters. The van der Waals surface area contributed by atoms with Crippen molar-refractivity contribution in [3.63, 3.8) is 0 Å². The van der Waals surface area contributed by atoms with Crippen LogP contribution in [0.25, 0.3) is 0 Å². The molecule has 0 radical (unpaired) electrons. The van der Waals surface area contributed by atoms with Crippen LogP contribution in [-0.4, -0.2) is 35.2 Å². The Morgan fingerprint density at radius 1 is 1.06 bits per heavy atom. The Morgan fingerprint density at radius 3 is 2.18 bits per heavy atom. The molecule has 0 amide bonds. The molecule has 1 N–H and O–H groups in total. The highest BCUT2D eigenvalue weighted by Gasteiger charge is 2.38. The fourth-order valence-electron chi connectivity index (χ4n) is 3.61. The van der Waals surface area contributed by atoms with Crippen LogP contribution in [0.4, 0.5) is 0 Å². The minimum absolute atomic E-state index is 0.0810. The van der Waals surface area contributed by atoms with Crippen molar-refractivity contribution in [1.82, 2.24) is 4.90 Å². The molecule has 5 atom stereocenters. The molecule has 0 aromatic carbocycles. The third kappa shape index (κ3) is 2.85. The van der Waals surface area contributed by atoms with Crippen LogP contribution in [-0.2, 0) is 0 Å². The molecular formula is C15H29NO. The zero-order valence-electron chi connectivity index (χ0n) is 11.9. The lowest BCUT2D eigenvalue weighted by Gasteiger charge is -2.40. The normalized spacial score (nSPS) is 44.5. The number of hydrogen-bond acceptors (Lipinski definition) is 2. The van der Waals surface area contributed by atoms with Crippen molar-refractivity contribution in [2.75, 3.05) is 13.1 Å². The molecule has 1 heterocycles. The first-order chi connectivity index (χ1) is 7.99.